The summed E-state index contributed by atoms with van der Waals surface area (Å²) in [5.74, 6) is 1.57. The van der Waals surface area contributed by atoms with Crippen LogP contribution in [0.2, 0.25) is 0 Å². The highest BCUT2D eigenvalue weighted by molar-refractivity contribution is 5.77. The molecule has 1 aromatic heterocycles. The van der Waals surface area contributed by atoms with E-state index in [4.69, 9.17) is 4.74 Å². The number of anilines is 2. The number of aromatic nitrogens is 2. The number of piperazine rings is 1. The van der Waals surface area contributed by atoms with Crippen LogP contribution < -0.4 is 15.0 Å². The minimum absolute atomic E-state index is 0.165. The van der Waals surface area contributed by atoms with Crippen LogP contribution in [0, 0.1) is 0 Å². The first-order valence-electron chi connectivity index (χ1n) is 8.44. The second kappa shape index (κ2) is 8.32. The first-order chi connectivity index (χ1) is 12.3. The fourth-order valence-electron chi connectivity index (χ4n) is 2.84. The molecule has 0 bridgehead atoms. The molecule has 0 radical (unpaired) electrons. The van der Waals surface area contributed by atoms with Crippen molar-refractivity contribution < 1.29 is 9.53 Å². The van der Waals surface area contributed by atoms with Crippen LogP contribution in [0.1, 0.15) is 6.42 Å². The fraction of sp³-hybridized carbons (Fsp3) is 0.389. The van der Waals surface area contributed by atoms with Crippen molar-refractivity contribution in [3.05, 3.63) is 42.7 Å². The van der Waals surface area contributed by atoms with E-state index in [2.05, 4.69) is 32.3 Å². The number of benzene rings is 1. The molecule has 1 aromatic carbocycles. The number of nitrogens with one attached hydrogen (secondary N) is 1. The molecule has 0 aliphatic carbocycles. The van der Waals surface area contributed by atoms with Gasteiger partial charge in [0.2, 0.25) is 11.9 Å². The summed E-state index contributed by atoms with van der Waals surface area (Å²) in [7, 11) is 1.66. The molecule has 0 unspecified atom stereocenters. The predicted octanol–water partition coefficient (Wildman–Crippen LogP) is 1.64. The molecule has 2 heterocycles. The Bertz CT molecular complexity index is 670. The summed E-state index contributed by atoms with van der Waals surface area (Å²) < 4.78 is 5.19. The molecule has 7 nitrogen and oxygen atoms in total. The summed E-state index contributed by atoms with van der Waals surface area (Å²) in [5.41, 5.74) is 1.16. The molecule has 1 aliphatic heterocycles. The molecule has 1 fully saturated rings. The van der Waals surface area contributed by atoms with E-state index < -0.39 is 0 Å². The lowest BCUT2D eigenvalue weighted by molar-refractivity contribution is -0.131. The summed E-state index contributed by atoms with van der Waals surface area (Å²) >= 11 is 0. The molecule has 2 aromatic rings. The van der Waals surface area contributed by atoms with Crippen LogP contribution in [0.3, 0.4) is 0 Å². The molecular formula is C18H23N5O2. The standard InChI is InChI=1S/C18H23N5O2/c1-25-16-5-3-15(4-6-16)22-11-13-23(14-12-22)17(24)7-10-21-18-19-8-2-9-20-18/h2-6,8-9H,7,10-14H2,1H3,(H,19,20,21). The van der Waals surface area contributed by atoms with E-state index >= 15 is 0 Å². The second-order valence-electron chi connectivity index (χ2n) is 5.82. The maximum atomic E-state index is 12.3. The highest BCUT2D eigenvalue weighted by Crippen LogP contribution is 2.20. The molecule has 0 atom stereocenters. The third-order valence-corrected chi connectivity index (χ3v) is 4.26. The summed E-state index contributed by atoms with van der Waals surface area (Å²) in [4.78, 5) is 24.7. The number of carbonyl (C=O) groups is 1. The maximum absolute atomic E-state index is 12.3. The van der Waals surface area contributed by atoms with Crippen molar-refractivity contribution in [1.82, 2.24) is 14.9 Å². The Labute approximate surface area is 147 Å². The number of ether oxygens (including phenoxy) is 1. The van der Waals surface area contributed by atoms with Gasteiger partial charge in [0, 0.05) is 57.2 Å². The Morgan fingerprint density at radius 2 is 1.80 bits per heavy atom. The molecule has 0 spiro atoms. The summed E-state index contributed by atoms with van der Waals surface area (Å²) in [6.07, 6.45) is 3.80. The normalized spacial score (nSPS) is 14.3. The predicted molar refractivity (Wildman–Crippen MR) is 96.9 cm³/mol. The monoisotopic (exact) mass is 341 g/mol. The van der Waals surface area contributed by atoms with Gasteiger partial charge >= 0.3 is 0 Å². The quantitative estimate of drug-likeness (QED) is 0.861. The molecule has 0 saturated carbocycles. The maximum Gasteiger partial charge on any atom is 0.224 e. The van der Waals surface area contributed by atoms with Crippen LogP contribution in [-0.4, -0.2) is 60.6 Å². The topological polar surface area (TPSA) is 70.6 Å². The van der Waals surface area contributed by atoms with E-state index in [1.165, 1.54) is 0 Å². The van der Waals surface area contributed by atoms with Gasteiger partial charge in [0.1, 0.15) is 5.75 Å². The van der Waals surface area contributed by atoms with Gasteiger partial charge in [-0.25, -0.2) is 9.97 Å². The SMILES string of the molecule is COc1ccc(N2CCN(C(=O)CCNc3ncccn3)CC2)cc1. The zero-order valence-corrected chi connectivity index (χ0v) is 14.4. The van der Waals surface area contributed by atoms with E-state index in [-0.39, 0.29) is 5.91 Å². The highest BCUT2D eigenvalue weighted by Gasteiger charge is 2.21. The number of rotatable bonds is 6. The smallest absolute Gasteiger partial charge is 0.224 e. The lowest BCUT2D eigenvalue weighted by Crippen LogP contribution is -2.49. The number of amides is 1. The average molecular weight is 341 g/mol. The molecule has 3 rings (SSSR count). The van der Waals surface area contributed by atoms with Gasteiger partial charge in [-0.15, -0.1) is 0 Å². The van der Waals surface area contributed by atoms with Gasteiger partial charge in [-0.2, -0.15) is 0 Å². The van der Waals surface area contributed by atoms with Crippen molar-refractivity contribution in [3.8, 4) is 5.75 Å². The van der Waals surface area contributed by atoms with Gasteiger partial charge in [0.25, 0.3) is 0 Å². The fourth-order valence-corrected chi connectivity index (χ4v) is 2.84. The minimum Gasteiger partial charge on any atom is -0.497 e. The van der Waals surface area contributed by atoms with Crippen LogP contribution in [0.15, 0.2) is 42.7 Å². The number of methoxy groups -OCH3 is 1. The summed E-state index contributed by atoms with van der Waals surface area (Å²) in [5, 5.41) is 3.07. The Kier molecular flexibility index (Phi) is 5.66. The van der Waals surface area contributed by atoms with Gasteiger partial charge < -0.3 is 19.9 Å². The van der Waals surface area contributed by atoms with E-state index in [1.807, 2.05) is 17.0 Å². The molecule has 1 aliphatic rings. The molecule has 1 N–H and O–H groups in total. The van der Waals surface area contributed by atoms with Gasteiger partial charge in [0.15, 0.2) is 0 Å². The van der Waals surface area contributed by atoms with Crippen molar-refractivity contribution in [2.75, 3.05) is 50.1 Å². The van der Waals surface area contributed by atoms with Gasteiger partial charge in [-0.05, 0) is 30.3 Å². The Morgan fingerprint density at radius 1 is 1.12 bits per heavy atom. The third-order valence-electron chi connectivity index (χ3n) is 4.26. The summed E-state index contributed by atoms with van der Waals surface area (Å²) in [6, 6.07) is 9.80. The number of hydrogen-bond donors (Lipinski definition) is 1. The van der Waals surface area contributed by atoms with Crippen LogP contribution in [0.25, 0.3) is 0 Å². The van der Waals surface area contributed by atoms with Crippen molar-refractivity contribution >= 4 is 17.5 Å². The van der Waals surface area contributed by atoms with Crippen LogP contribution in [0.4, 0.5) is 11.6 Å². The van der Waals surface area contributed by atoms with Crippen LogP contribution >= 0.6 is 0 Å². The molecule has 132 valence electrons. The Hall–Kier alpha value is -2.83. The average Bonchev–Trinajstić information content (AvgIpc) is 2.69. The molecule has 7 heteroatoms. The third kappa shape index (κ3) is 4.59. The number of hydrogen-bond acceptors (Lipinski definition) is 6. The largest absolute Gasteiger partial charge is 0.497 e. The highest BCUT2D eigenvalue weighted by atomic mass is 16.5. The van der Waals surface area contributed by atoms with E-state index in [9.17, 15) is 4.79 Å². The summed E-state index contributed by atoms with van der Waals surface area (Å²) in [6.45, 7) is 3.71. The van der Waals surface area contributed by atoms with E-state index in [0.717, 1.165) is 37.6 Å². The van der Waals surface area contributed by atoms with Gasteiger partial charge in [-0.1, -0.05) is 0 Å². The second-order valence-corrected chi connectivity index (χ2v) is 5.82. The number of carbonyl (C=O) groups excluding carboxylic acids is 1. The van der Waals surface area contributed by atoms with Crippen LogP contribution in [0.5, 0.6) is 5.75 Å². The molecule has 1 saturated heterocycles. The van der Waals surface area contributed by atoms with Crippen molar-refractivity contribution in [2.45, 2.75) is 6.42 Å². The van der Waals surface area contributed by atoms with Crippen molar-refractivity contribution in [3.63, 3.8) is 0 Å². The zero-order chi connectivity index (χ0) is 17.5. The van der Waals surface area contributed by atoms with Crippen molar-refractivity contribution in [2.24, 2.45) is 0 Å². The minimum atomic E-state index is 0.165. The first-order valence-corrected chi connectivity index (χ1v) is 8.44. The van der Waals surface area contributed by atoms with E-state index in [1.54, 1.807) is 25.6 Å². The Balaban J connectivity index is 1.42. The lowest BCUT2D eigenvalue weighted by Gasteiger charge is -2.36. The molecule has 25 heavy (non-hydrogen) atoms. The van der Waals surface area contributed by atoms with E-state index in [0.29, 0.717) is 18.9 Å². The molecule has 1 amide bonds. The van der Waals surface area contributed by atoms with Crippen molar-refractivity contribution in [1.29, 1.82) is 0 Å². The Morgan fingerprint density at radius 3 is 2.44 bits per heavy atom. The molecular weight excluding hydrogens is 318 g/mol. The number of nitrogens with zero attached hydrogens (tertiary/aromatic N) is 4. The first kappa shape index (κ1) is 17.0. The lowest BCUT2D eigenvalue weighted by atomic mass is 10.2. The van der Waals surface area contributed by atoms with Crippen LogP contribution in [-0.2, 0) is 4.79 Å². The zero-order valence-electron chi connectivity index (χ0n) is 14.4. The van der Waals surface area contributed by atoms with Gasteiger partial charge in [0.05, 0.1) is 7.11 Å². The van der Waals surface area contributed by atoms with Gasteiger partial charge in [-0.3, -0.25) is 4.79 Å².